The van der Waals surface area contributed by atoms with Gasteiger partial charge >= 0.3 is 0 Å². The van der Waals surface area contributed by atoms with Gasteiger partial charge in [-0.25, -0.2) is 10.9 Å². The van der Waals surface area contributed by atoms with Crippen LogP contribution in [-0.2, 0) is 4.79 Å². The van der Waals surface area contributed by atoms with Gasteiger partial charge in [0.2, 0.25) is 5.91 Å². The van der Waals surface area contributed by atoms with Gasteiger partial charge in [0.05, 0.1) is 5.25 Å². The number of hydrogen-bond donors (Lipinski definition) is 4. The van der Waals surface area contributed by atoms with E-state index in [9.17, 15) is 4.79 Å². The minimum Gasteiger partial charge on any atom is -0.326 e. The molecule has 0 aromatic heterocycles. The first-order valence-corrected chi connectivity index (χ1v) is 10.6. The number of hydrogen-bond acceptors (Lipinski definition) is 6. The maximum atomic E-state index is 12.1. The van der Waals surface area contributed by atoms with Crippen LogP contribution in [0.25, 0.3) is 0 Å². The van der Waals surface area contributed by atoms with Crippen LogP contribution < -0.4 is 21.5 Å². The maximum Gasteiger partial charge on any atom is 0.235 e. The highest BCUT2D eigenvalue weighted by Crippen LogP contribution is 2.32. The van der Waals surface area contributed by atoms with Gasteiger partial charge in [-0.15, -0.1) is 23.5 Å². The van der Waals surface area contributed by atoms with E-state index in [-0.39, 0.29) is 22.9 Å². The Balaban J connectivity index is 1.36. The molecule has 0 bridgehead atoms. The first-order chi connectivity index (χ1) is 10.7. The Bertz CT molecular complexity index is 379. The molecule has 0 radical (unpaired) electrons. The minimum atomic E-state index is -0.157. The van der Waals surface area contributed by atoms with Crippen LogP contribution in [0.5, 0.6) is 0 Å². The molecular formula is C15H28N4OS2. The van der Waals surface area contributed by atoms with E-state index in [4.69, 9.17) is 0 Å². The van der Waals surface area contributed by atoms with Crippen molar-refractivity contribution >= 4 is 29.4 Å². The molecular weight excluding hydrogens is 316 g/mol. The summed E-state index contributed by atoms with van der Waals surface area (Å²) in [5.74, 6) is 4.14. The SMILES string of the molecule is CC1CCCCC1CSC1NNC(NC(=O)C2CCCS2)N1. The van der Waals surface area contributed by atoms with Crippen LogP contribution in [0.4, 0.5) is 0 Å². The van der Waals surface area contributed by atoms with Gasteiger partial charge in [-0.05, 0) is 42.6 Å². The van der Waals surface area contributed by atoms with E-state index >= 15 is 0 Å². The molecule has 2 heterocycles. The van der Waals surface area contributed by atoms with Crippen LogP contribution >= 0.6 is 23.5 Å². The zero-order valence-corrected chi connectivity index (χ0v) is 14.9. The number of hydrazine groups is 1. The first-order valence-electron chi connectivity index (χ1n) is 8.53. The van der Waals surface area contributed by atoms with E-state index in [0.29, 0.717) is 0 Å². The summed E-state index contributed by atoms with van der Waals surface area (Å²) in [6, 6.07) is 0. The molecule has 0 aromatic rings. The van der Waals surface area contributed by atoms with E-state index in [2.05, 4.69) is 28.4 Å². The van der Waals surface area contributed by atoms with E-state index in [0.717, 1.165) is 30.4 Å². The van der Waals surface area contributed by atoms with Crippen LogP contribution in [0, 0.1) is 11.8 Å². The van der Waals surface area contributed by atoms with Crippen molar-refractivity contribution in [2.24, 2.45) is 11.8 Å². The van der Waals surface area contributed by atoms with Crippen molar-refractivity contribution in [1.82, 2.24) is 21.5 Å². The minimum absolute atomic E-state index is 0.137. The zero-order valence-electron chi connectivity index (χ0n) is 13.3. The summed E-state index contributed by atoms with van der Waals surface area (Å²) in [6.45, 7) is 2.39. The molecule has 2 saturated heterocycles. The molecule has 0 aromatic carbocycles. The molecule has 2 aliphatic heterocycles. The lowest BCUT2D eigenvalue weighted by molar-refractivity contribution is -0.121. The van der Waals surface area contributed by atoms with Crippen molar-refractivity contribution in [2.45, 2.75) is 62.5 Å². The lowest BCUT2D eigenvalue weighted by Gasteiger charge is -2.29. The Hall–Kier alpha value is 0.0500. The summed E-state index contributed by atoms with van der Waals surface area (Å²) < 4.78 is 0. The fourth-order valence-corrected chi connectivity index (χ4v) is 5.93. The Labute approximate surface area is 141 Å². The predicted octanol–water partition coefficient (Wildman–Crippen LogP) is 1.82. The Kier molecular flexibility index (Phi) is 6.33. The van der Waals surface area contributed by atoms with Crippen molar-refractivity contribution in [3.63, 3.8) is 0 Å². The third kappa shape index (κ3) is 4.54. The second-order valence-electron chi connectivity index (χ2n) is 6.63. The van der Waals surface area contributed by atoms with Crippen molar-refractivity contribution in [2.75, 3.05) is 11.5 Å². The second-order valence-corrected chi connectivity index (χ2v) is 9.08. The third-order valence-electron chi connectivity index (χ3n) is 4.95. The van der Waals surface area contributed by atoms with Gasteiger partial charge in [-0.2, -0.15) is 0 Å². The monoisotopic (exact) mass is 344 g/mol. The lowest BCUT2D eigenvalue weighted by Crippen LogP contribution is -2.51. The molecule has 5 unspecified atom stereocenters. The fraction of sp³-hybridized carbons (Fsp3) is 0.933. The highest BCUT2D eigenvalue weighted by Gasteiger charge is 2.30. The fourth-order valence-electron chi connectivity index (χ4n) is 3.44. The molecule has 1 aliphatic carbocycles. The topological polar surface area (TPSA) is 65.2 Å². The molecule has 3 aliphatic rings. The van der Waals surface area contributed by atoms with Gasteiger partial charge in [0, 0.05) is 0 Å². The predicted molar refractivity (Wildman–Crippen MR) is 94.2 cm³/mol. The first kappa shape index (κ1) is 16.9. The van der Waals surface area contributed by atoms with E-state index < -0.39 is 0 Å². The van der Waals surface area contributed by atoms with E-state index in [1.54, 1.807) is 11.8 Å². The summed E-state index contributed by atoms with van der Waals surface area (Å²) in [6.07, 6.45) is 7.54. The Morgan fingerprint density at radius 1 is 1.23 bits per heavy atom. The molecule has 1 amide bonds. The number of nitrogens with one attached hydrogen (secondary N) is 4. The summed E-state index contributed by atoms with van der Waals surface area (Å²) in [4.78, 5) is 12.1. The molecule has 4 N–H and O–H groups in total. The van der Waals surface area contributed by atoms with Gasteiger partial charge in [0.1, 0.15) is 11.8 Å². The number of thioether (sulfide) groups is 2. The third-order valence-corrected chi connectivity index (χ3v) is 7.54. The average molecular weight is 345 g/mol. The summed E-state index contributed by atoms with van der Waals surface area (Å²) in [5, 5.41) is 6.58. The molecule has 5 atom stereocenters. The normalized spacial score (nSPS) is 39.0. The molecule has 1 saturated carbocycles. The van der Waals surface area contributed by atoms with Crippen LogP contribution in [0.2, 0.25) is 0 Å². The van der Waals surface area contributed by atoms with Crippen LogP contribution in [-0.4, -0.2) is 34.5 Å². The molecule has 7 heteroatoms. The quantitative estimate of drug-likeness (QED) is 0.610. The van der Waals surface area contributed by atoms with Crippen molar-refractivity contribution in [3.8, 4) is 0 Å². The molecule has 22 heavy (non-hydrogen) atoms. The van der Waals surface area contributed by atoms with Crippen LogP contribution in [0.15, 0.2) is 0 Å². The van der Waals surface area contributed by atoms with Crippen LogP contribution in [0.3, 0.4) is 0 Å². The Morgan fingerprint density at radius 3 is 2.86 bits per heavy atom. The van der Waals surface area contributed by atoms with Crippen molar-refractivity contribution < 1.29 is 4.79 Å². The largest absolute Gasteiger partial charge is 0.326 e. The standard InChI is InChI=1S/C15H28N4OS2/c1-10-5-2-3-6-11(10)9-22-15-17-14(18-19-15)16-13(20)12-7-4-8-21-12/h10-12,14-15,17-19H,2-9H2,1H3,(H,16,20). The number of rotatable bonds is 5. The van der Waals surface area contributed by atoms with Crippen molar-refractivity contribution in [1.29, 1.82) is 0 Å². The molecule has 126 valence electrons. The van der Waals surface area contributed by atoms with Crippen LogP contribution in [0.1, 0.15) is 45.4 Å². The van der Waals surface area contributed by atoms with Gasteiger partial charge in [-0.1, -0.05) is 26.2 Å². The summed E-state index contributed by atoms with van der Waals surface area (Å²) in [5.41, 5.74) is 6.55. The smallest absolute Gasteiger partial charge is 0.235 e. The second kappa shape index (κ2) is 8.24. The lowest BCUT2D eigenvalue weighted by atomic mass is 9.82. The molecule has 3 rings (SSSR count). The average Bonchev–Trinajstić information content (AvgIpc) is 3.18. The van der Waals surface area contributed by atoms with E-state index in [1.807, 2.05) is 11.8 Å². The van der Waals surface area contributed by atoms with Gasteiger partial charge in [0.15, 0.2) is 0 Å². The zero-order chi connectivity index (χ0) is 15.4. The highest BCUT2D eigenvalue weighted by molar-refractivity contribution is 8.00. The van der Waals surface area contributed by atoms with Crippen molar-refractivity contribution in [3.05, 3.63) is 0 Å². The maximum absolute atomic E-state index is 12.1. The van der Waals surface area contributed by atoms with E-state index in [1.165, 1.54) is 31.4 Å². The molecule has 0 spiro atoms. The van der Waals surface area contributed by atoms with Gasteiger partial charge in [0.25, 0.3) is 0 Å². The van der Waals surface area contributed by atoms with Gasteiger partial charge < -0.3 is 5.32 Å². The number of amides is 1. The summed E-state index contributed by atoms with van der Waals surface area (Å²) >= 11 is 3.69. The van der Waals surface area contributed by atoms with Gasteiger partial charge in [-0.3, -0.25) is 10.1 Å². The number of carbonyl (C=O) groups excluding carboxylic acids is 1. The Morgan fingerprint density at radius 2 is 2.09 bits per heavy atom. The highest BCUT2D eigenvalue weighted by atomic mass is 32.2. The number of carbonyl (C=O) groups is 1. The molecule has 3 fully saturated rings. The molecule has 5 nitrogen and oxygen atoms in total. The summed E-state index contributed by atoms with van der Waals surface area (Å²) in [7, 11) is 0.